The van der Waals surface area contributed by atoms with Crippen molar-refractivity contribution in [2.45, 2.75) is 58.8 Å². The fraction of sp³-hybridized carbons (Fsp3) is 0.900. The standard InChI is InChI=1S/C10H21NO2/c1-5-6-7-9(12)10(3,4)13-8(2)11/h8H,5-7,11H2,1-4H3. The van der Waals surface area contributed by atoms with Crippen LogP contribution in [-0.2, 0) is 9.53 Å². The minimum Gasteiger partial charge on any atom is -0.350 e. The normalized spacial score (nSPS) is 14.2. The van der Waals surface area contributed by atoms with Gasteiger partial charge in [0.15, 0.2) is 5.78 Å². The number of rotatable bonds is 6. The van der Waals surface area contributed by atoms with Crippen molar-refractivity contribution in [3.05, 3.63) is 0 Å². The Hall–Kier alpha value is -0.410. The minimum absolute atomic E-state index is 0.131. The third-order valence-electron chi connectivity index (χ3n) is 1.91. The Kier molecular flexibility index (Phi) is 5.18. The number of ketones is 1. The molecular weight excluding hydrogens is 166 g/mol. The largest absolute Gasteiger partial charge is 0.350 e. The first-order valence-corrected chi connectivity index (χ1v) is 4.87. The number of carbonyl (C=O) groups is 1. The molecule has 0 aromatic carbocycles. The van der Waals surface area contributed by atoms with Gasteiger partial charge in [0, 0.05) is 6.42 Å². The fourth-order valence-electron chi connectivity index (χ4n) is 1.17. The van der Waals surface area contributed by atoms with Crippen molar-refractivity contribution in [2.75, 3.05) is 0 Å². The van der Waals surface area contributed by atoms with Crippen LogP contribution in [0.25, 0.3) is 0 Å². The maximum absolute atomic E-state index is 11.6. The molecular formula is C10H21NO2. The second-order valence-electron chi connectivity index (χ2n) is 3.86. The lowest BCUT2D eigenvalue weighted by Crippen LogP contribution is -2.40. The van der Waals surface area contributed by atoms with Crippen LogP contribution in [0.15, 0.2) is 0 Å². The molecule has 0 rings (SSSR count). The van der Waals surface area contributed by atoms with Crippen molar-refractivity contribution in [3.8, 4) is 0 Å². The zero-order valence-electron chi connectivity index (χ0n) is 9.09. The first kappa shape index (κ1) is 12.6. The molecule has 0 aliphatic rings. The van der Waals surface area contributed by atoms with Crippen LogP contribution in [-0.4, -0.2) is 17.6 Å². The van der Waals surface area contributed by atoms with Gasteiger partial charge in [-0.3, -0.25) is 4.79 Å². The summed E-state index contributed by atoms with van der Waals surface area (Å²) in [4.78, 5) is 11.6. The van der Waals surface area contributed by atoms with Crippen LogP contribution in [0.4, 0.5) is 0 Å². The fourth-order valence-corrected chi connectivity index (χ4v) is 1.17. The predicted molar refractivity (Wildman–Crippen MR) is 53.3 cm³/mol. The molecule has 3 heteroatoms. The summed E-state index contributed by atoms with van der Waals surface area (Å²) in [6.45, 7) is 7.34. The molecule has 78 valence electrons. The van der Waals surface area contributed by atoms with Crippen LogP contribution in [0.1, 0.15) is 47.0 Å². The van der Waals surface area contributed by atoms with Gasteiger partial charge in [-0.05, 0) is 27.2 Å². The summed E-state index contributed by atoms with van der Waals surface area (Å²) in [5.41, 5.74) is 4.74. The molecule has 0 aromatic rings. The zero-order chi connectivity index (χ0) is 10.5. The molecule has 0 radical (unpaired) electrons. The second kappa shape index (κ2) is 5.35. The van der Waals surface area contributed by atoms with Crippen LogP contribution in [0, 0.1) is 0 Å². The smallest absolute Gasteiger partial charge is 0.164 e. The molecule has 13 heavy (non-hydrogen) atoms. The van der Waals surface area contributed by atoms with E-state index in [-0.39, 0.29) is 12.0 Å². The third kappa shape index (κ3) is 5.01. The molecule has 0 fully saturated rings. The summed E-state index contributed by atoms with van der Waals surface area (Å²) < 4.78 is 5.32. The lowest BCUT2D eigenvalue weighted by Gasteiger charge is -2.25. The molecule has 0 heterocycles. The summed E-state index contributed by atoms with van der Waals surface area (Å²) in [5, 5.41) is 0. The van der Waals surface area contributed by atoms with E-state index >= 15 is 0 Å². The summed E-state index contributed by atoms with van der Waals surface area (Å²) in [6, 6.07) is 0. The van der Waals surface area contributed by atoms with Crippen LogP contribution in [0.3, 0.4) is 0 Å². The zero-order valence-corrected chi connectivity index (χ0v) is 9.09. The van der Waals surface area contributed by atoms with Gasteiger partial charge in [0.2, 0.25) is 0 Å². The Balaban J connectivity index is 4.03. The first-order chi connectivity index (χ1) is 5.90. The Morgan fingerprint density at radius 1 is 1.54 bits per heavy atom. The van der Waals surface area contributed by atoms with Gasteiger partial charge in [-0.15, -0.1) is 0 Å². The minimum atomic E-state index is -0.733. The molecule has 0 aliphatic heterocycles. The van der Waals surface area contributed by atoms with Crippen molar-refractivity contribution in [1.82, 2.24) is 0 Å². The highest BCUT2D eigenvalue weighted by molar-refractivity contribution is 5.86. The number of nitrogens with two attached hydrogens (primary N) is 1. The Morgan fingerprint density at radius 3 is 2.46 bits per heavy atom. The molecule has 0 aromatic heterocycles. The molecule has 0 saturated heterocycles. The lowest BCUT2D eigenvalue weighted by molar-refractivity contribution is -0.146. The van der Waals surface area contributed by atoms with Gasteiger partial charge < -0.3 is 10.5 Å². The molecule has 1 unspecified atom stereocenters. The van der Waals surface area contributed by atoms with Gasteiger partial charge in [-0.2, -0.15) is 0 Å². The Bertz CT molecular complexity index is 164. The van der Waals surface area contributed by atoms with E-state index in [1.165, 1.54) is 0 Å². The van der Waals surface area contributed by atoms with Gasteiger partial charge in [0.25, 0.3) is 0 Å². The highest BCUT2D eigenvalue weighted by Crippen LogP contribution is 2.15. The number of unbranched alkanes of at least 4 members (excludes halogenated alkanes) is 1. The van der Waals surface area contributed by atoms with Crippen molar-refractivity contribution < 1.29 is 9.53 Å². The maximum atomic E-state index is 11.6. The summed E-state index contributed by atoms with van der Waals surface area (Å²) in [6.07, 6.45) is 2.14. The lowest BCUT2D eigenvalue weighted by atomic mass is 9.98. The van der Waals surface area contributed by atoms with Crippen LogP contribution in [0.5, 0.6) is 0 Å². The van der Waals surface area contributed by atoms with Crippen LogP contribution >= 0.6 is 0 Å². The molecule has 0 saturated carbocycles. The Morgan fingerprint density at radius 2 is 2.08 bits per heavy atom. The highest BCUT2D eigenvalue weighted by Gasteiger charge is 2.28. The predicted octanol–water partition coefficient (Wildman–Crippen LogP) is 1.85. The SMILES string of the molecule is CCCCC(=O)C(C)(C)OC(C)N. The average molecular weight is 187 g/mol. The molecule has 2 N–H and O–H groups in total. The van der Waals surface area contributed by atoms with E-state index in [4.69, 9.17) is 10.5 Å². The Labute approximate surface area is 80.6 Å². The molecule has 3 nitrogen and oxygen atoms in total. The van der Waals surface area contributed by atoms with E-state index in [0.29, 0.717) is 6.42 Å². The molecule has 1 atom stereocenters. The molecule has 0 spiro atoms. The van der Waals surface area contributed by atoms with Crippen molar-refractivity contribution >= 4 is 5.78 Å². The monoisotopic (exact) mass is 187 g/mol. The van der Waals surface area contributed by atoms with Crippen LogP contribution in [0.2, 0.25) is 0 Å². The van der Waals surface area contributed by atoms with Gasteiger partial charge in [-0.1, -0.05) is 13.3 Å². The average Bonchev–Trinajstić information content (AvgIpc) is 1.97. The van der Waals surface area contributed by atoms with Gasteiger partial charge in [0.05, 0.1) is 0 Å². The van der Waals surface area contributed by atoms with Crippen molar-refractivity contribution in [1.29, 1.82) is 0 Å². The van der Waals surface area contributed by atoms with E-state index in [9.17, 15) is 4.79 Å². The first-order valence-electron chi connectivity index (χ1n) is 4.87. The van der Waals surface area contributed by atoms with E-state index in [2.05, 4.69) is 6.92 Å². The molecule has 0 bridgehead atoms. The van der Waals surface area contributed by atoms with E-state index < -0.39 is 5.60 Å². The topological polar surface area (TPSA) is 52.3 Å². The van der Waals surface area contributed by atoms with Crippen molar-refractivity contribution in [2.24, 2.45) is 5.73 Å². The second-order valence-corrected chi connectivity index (χ2v) is 3.86. The van der Waals surface area contributed by atoms with Crippen LogP contribution < -0.4 is 5.73 Å². The van der Waals surface area contributed by atoms with Gasteiger partial charge in [0.1, 0.15) is 11.8 Å². The maximum Gasteiger partial charge on any atom is 0.164 e. The summed E-state index contributed by atoms with van der Waals surface area (Å²) >= 11 is 0. The van der Waals surface area contributed by atoms with Gasteiger partial charge >= 0.3 is 0 Å². The summed E-state index contributed by atoms with van der Waals surface area (Å²) in [5.74, 6) is 0.131. The molecule has 0 aliphatic carbocycles. The number of hydrogen-bond donors (Lipinski definition) is 1. The molecule has 0 amide bonds. The number of hydrogen-bond acceptors (Lipinski definition) is 3. The van der Waals surface area contributed by atoms with E-state index in [1.54, 1.807) is 20.8 Å². The van der Waals surface area contributed by atoms with Crippen molar-refractivity contribution in [3.63, 3.8) is 0 Å². The highest BCUT2D eigenvalue weighted by atomic mass is 16.5. The van der Waals surface area contributed by atoms with Gasteiger partial charge in [-0.25, -0.2) is 0 Å². The number of Topliss-reactive ketones (excluding diaryl/α,β-unsaturated/α-hetero) is 1. The number of ether oxygens (including phenoxy) is 1. The van der Waals surface area contributed by atoms with E-state index in [0.717, 1.165) is 12.8 Å². The third-order valence-corrected chi connectivity index (χ3v) is 1.91. The quantitative estimate of drug-likeness (QED) is 0.645. The van der Waals surface area contributed by atoms with E-state index in [1.807, 2.05) is 0 Å². The summed E-state index contributed by atoms with van der Waals surface area (Å²) in [7, 11) is 0. The number of carbonyl (C=O) groups excluding carboxylic acids is 1.